The number of unbranched alkanes of at least 4 members (excludes halogenated alkanes) is 3. The first kappa shape index (κ1) is 15.0. The zero-order valence-electron chi connectivity index (χ0n) is 11.0. The van der Waals surface area contributed by atoms with Crippen LogP contribution in [0.15, 0.2) is 24.3 Å². The van der Waals surface area contributed by atoms with Crippen molar-refractivity contribution in [3.05, 3.63) is 24.3 Å². The van der Waals surface area contributed by atoms with Gasteiger partial charge in [0.05, 0.1) is 12.8 Å². The Labute approximate surface area is 111 Å². The Morgan fingerprint density at radius 3 is 2.39 bits per heavy atom. The average molecular weight is 271 g/mol. The van der Waals surface area contributed by atoms with Gasteiger partial charge in [0.25, 0.3) is 11.3 Å². The van der Waals surface area contributed by atoms with E-state index in [0.29, 0.717) is 6.54 Å². The zero-order valence-corrected chi connectivity index (χ0v) is 11.8. The lowest BCUT2D eigenvalue weighted by atomic mass is 10.2. The molecule has 0 heterocycles. The summed E-state index contributed by atoms with van der Waals surface area (Å²) in [5.74, 6) is 0.744. The molecule has 0 aliphatic rings. The molecular formula is C13H21NO3S. The molecule has 1 unspecified atom stereocenters. The molecule has 0 fully saturated rings. The van der Waals surface area contributed by atoms with Crippen LogP contribution in [0.4, 0.5) is 5.69 Å². The summed E-state index contributed by atoms with van der Waals surface area (Å²) in [4.78, 5) is 0. The first-order valence-corrected chi connectivity index (χ1v) is 7.28. The van der Waals surface area contributed by atoms with Crippen molar-refractivity contribution in [1.82, 2.24) is 0 Å². The van der Waals surface area contributed by atoms with Gasteiger partial charge in [0.1, 0.15) is 5.75 Å². The molecule has 1 aromatic rings. The largest absolute Gasteiger partial charge is 0.497 e. The van der Waals surface area contributed by atoms with Crippen LogP contribution in [0.25, 0.3) is 0 Å². The number of rotatable bonds is 8. The van der Waals surface area contributed by atoms with E-state index in [1.54, 1.807) is 31.4 Å². The van der Waals surface area contributed by atoms with Crippen LogP contribution in [0, 0.1) is 0 Å². The molecule has 1 N–H and O–H groups in total. The first-order valence-electron chi connectivity index (χ1n) is 6.21. The van der Waals surface area contributed by atoms with E-state index in [0.717, 1.165) is 37.1 Å². The summed E-state index contributed by atoms with van der Waals surface area (Å²) in [6.07, 6.45) is 4.33. The molecular weight excluding hydrogens is 250 g/mol. The third-order valence-electron chi connectivity index (χ3n) is 2.76. The molecule has 0 saturated heterocycles. The predicted octanol–water partition coefficient (Wildman–Crippen LogP) is 3.22. The molecule has 0 aliphatic carbocycles. The van der Waals surface area contributed by atoms with Crippen molar-refractivity contribution in [2.45, 2.75) is 32.6 Å². The van der Waals surface area contributed by atoms with Crippen molar-refractivity contribution in [3.63, 3.8) is 0 Å². The van der Waals surface area contributed by atoms with Gasteiger partial charge in [0, 0.05) is 6.54 Å². The van der Waals surface area contributed by atoms with Gasteiger partial charge in [0.2, 0.25) is 0 Å². The Hall–Kier alpha value is -1.07. The highest BCUT2D eigenvalue weighted by atomic mass is 32.2. The van der Waals surface area contributed by atoms with Crippen molar-refractivity contribution in [3.8, 4) is 5.75 Å². The summed E-state index contributed by atoms with van der Waals surface area (Å²) in [7, 11) is 1.60. The second-order valence-electron chi connectivity index (χ2n) is 4.09. The van der Waals surface area contributed by atoms with E-state index in [9.17, 15) is 8.76 Å². The van der Waals surface area contributed by atoms with Crippen LogP contribution >= 0.6 is 0 Å². The maximum Gasteiger partial charge on any atom is 0.261 e. The lowest BCUT2D eigenvalue weighted by Gasteiger charge is -2.20. The predicted molar refractivity (Wildman–Crippen MR) is 75.3 cm³/mol. The van der Waals surface area contributed by atoms with E-state index < -0.39 is 11.3 Å². The lowest BCUT2D eigenvalue weighted by Crippen LogP contribution is -2.26. The molecule has 0 aliphatic heterocycles. The number of hydrogen-bond donors (Lipinski definition) is 1. The molecule has 0 radical (unpaired) electrons. The van der Waals surface area contributed by atoms with Crippen molar-refractivity contribution < 1.29 is 13.5 Å². The van der Waals surface area contributed by atoms with Crippen molar-refractivity contribution in [1.29, 1.82) is 0 Å². The molecule has 102 valence electrons. The summed E-state index contributed by atoms with van der Waals surface area (Å²) in [6, 6.07) is 7.18. The average Bonchev–Trinajstić information content (AvgIpc) is 2.39. The van der Waals surface area contributed by atoms with Gasteiger partial charge in [-0.2, -0.15) is 0 Å². The Bertz CT molecular complexity index is 367. The fraction of sp³-hybridized carbons (Fsp3) is 0.538. The molecule has 0 bridgehead atoms. The zero-order chi connectivity index (χ0) is 13.4. The van der Waals surface area contributed by atoms with Gasteiger partial charge in [-0.1, -0.05) is 26.2 Å². The van der Waals surface area contributed by atoms with Gasteiger partial charge in [-0.15, -0.1) is 0 Å². The second kappa shape index (κ2) is 8.11. The van der Waals surface area contributed by atoms with E-state index in [-0.39, 0.29) is 0 Å². The second-order valence-corrected chi connectivity index (χ2v) is 4.99. The summed E-state index contributed by atoms with van der Waals surface area (Å²) >= 11 is -1.98. The van der Waals surface area contributed by atoms with Gasteiger partial charge in [-0.25, -0.2) is 4.21 Å². The van der Waals surface area contributed by atoms with Crippen LogP contribution < -0.4 is 9.04 Å². The van der Waals surface area contributed by atoms with E-state index in [1.807, 2.05) is 0 Å². The summed E-state index contributed by atoms with van der Waals surface area (Å²) < 4.78 is 27.2. The minimum Gasteiger partial charge on any atom is -0.497 e. The minimum atomic E-state index is -1.98. The topological polar surface area (TPSA) is 49.8 Å². The monoisotopic (exact) mass is 271 g/mol. The summed E-state index contributed by atoms with van der Waals surface area (Å²) in [6.45, 7) is 2.74. The number of benzene rings is 1. The van der Waals surface area contributed by atoms with Crippen molar-refractivity contribution in [2.75, 3.05) is 18.0 Å². The first-order chi connectivity index (χ1) is 8.69. The van der Waals surface area contributed by atoms with Crippen molar-refractivity contribution in [2.24, 2.45) is 0 Å². The standard InChI is InChI=1S/C13H21NO3S/c1-3-4-5-6-11-14(18(15)16)12-7-9-13(17-2)10-8-12/h7-10H,3-6,11H2,1-2H3,(H,15,16). The Balaban J connectivity index is 2.62. The number of anilines is 1. The summed E-state index contributed by atoms with van der Waals surface area (Å²) in [5, 5.41) is 0. The SMILES string of the molecule is CCCCCCN(c1ccc(OC)cc1)S(=O)O. The van der Waals surface area contributed by atoms with E-state index in [2.05, 4.69) is 6.92 Å². The van der Waals surface area contributed by atoms with Gasteiger partial charge in [0.15, 0.2) is 0 Å². The van der Waals surface area contributed by atoms with Crippen LogP contribution in [0.5, 0.6) is 5.75 Å². The maximum atomic E-state index is 11.3. The number of methoxy groups -OCH3 is 1. The molecule has 18 heavy (non-hydrogen) atoms. The van der Waals surface area contributed by atoms with Crippen LogP contribution in [0.1, 0.15) is 32.6 Å². The van der Waals surface area contributed by atoms with Crippen LogP contribution in [0.2, 0.25) is 0 Å². The highest BCUT2D eigenvalue weighted by Crippen LogP contribution is 2.20. The van der Waals surface area contributed by atoms with Crippen molar-refractivity contribution >= 4 is 17.0 Å². The highest BCUT2D eigenvalue weighted by Gasteiger charge is 2.11. The number of ether oxygens (including phenoxy) is 1. The van der Waals surface area contributed by atoms with Crippen LogP contribution in [-0.4, -0.2) is 22.4 Å². The minimum absolute atomic E-state index is 0.593. The van der Waals surface area contributed by atoms with E-state index in [4.69, 9.17) is 4.74 Å². The fourth-order valence-electron chi connectivity index (χ4n) is 1.73. The molecule has 1 rings (SSSR count). The van der Waals surface area contributed by atoms with E-state index >= 15 is 0 Å². The Morgan fingerprint density at radius 2 is 1.89 bits per heavy atom. The normalized spacial score (nSPS) is 12.2. The van der Waals surface area contributed by atoms with Gasteiger partial charge >= 0.3 is 0 Å². The third-order valence-corrected chi connectivity index (χ3v) is 3.53. The van der Waals surface area contributed by atoms with Gasteiger partial charge < -0.3 is 4.74 Å². The molecule has 0 amide bonds. The number of hydrogen-bond acceptors (Lipinski definition) is 2. The van der Waals surface area contributed by atoms with Gasteiger partial charge in [-0.3, -0.25) is 8.86 Å². The molecule has 1 atom stereocenters. The third kappa shape index (κ3) is 4.66. The van der Waals surface area contributed by atoms with Crippen LogP contribution in [-0.2, 0) is 11.3 Å². The Kier molecular flexibility index (Phi) is 6.75. The Morgan fingerprint density at radius 1 is 1.22 bits per heavy atom. The summed E-state index contributed by atoms with van der Waals surface area (Å²) in [5.41, 5.74) is 0.744. The lowest BCUT2D eigenvalue weighted by molar-refractivity contribution is 0.415. The molecule has 1 aromatic carbocycles. The molecule has 0 saturated carbocycles. The maximum absolute atomic E-state index is 11.3. The van der Waals surface area contributed by atoms with Gasteiger partial charge in [-0.05, 0) is 30.7 Å². The molecule has 0 spiro atoms. The molecule has 5 heteroatoms. The molecule has 0 aromatic heterocycles. The smallest absolute Gasteiger partial charge is 0.261 e. The quantitative estimate of drug-likeness (QED) is 0.583. The highest BCUT2D eigenvalue weighted by molar-refractivity contribution is 7.80. The fourth-order valence-corrected chi connectivity index (χ4v) is 2.32. The van der Waals surface area contributed by atoms with E-state index in [1.165, 1.54) is 4.31 Å². The molecule has 4 nitrogen and oxygen atoms in total. The number of nitrogens with zero attached hydrogens (tertiary/aromatic N) is 1. The van der Waals surface area contributed by atoms with Crippen LogP contribution in [0.3, 0.4) is 0 Å².